The van der Waals surface area contributed by atoms with E-state index in [1.807, 2.05) is 11.8 Å². The van der Waals surface area contributed by atoms with Gasteiger partial charge in [0, 0.05) is 25.6 Å². The third-order valence-corrected chi connectivity index (χ3v) is 4.54. The summed E-state index contributed by atoms with van der Waals surface area (Å²) in [7, 11) is 0. The number of carbonyl (C=O) groups excluding carboxylic acids is 1. The van der Waals surface area contributed by atoms with Crippen LogP contribution in [0.5, 0.6) is 0 Å². The van der Waals surface area contributed by atoms with Crippen LogP contribution in [0.15, 0.2) is 6.20 Å². The second-order valence-corrected chi connectivity index (χ2v) is 6.51. The first-order chi connectivity index (χ1) is 11.0. The third kappa shape index (κ3) is 3.68. The van der Waals surface area contributed by atoms with Crippen LogP contribution in [0.1, 0.15) is 43.1 Å². The summed E-state index contributed by atoms with van der Waals surface area (Å²) in [5.74, 6) is -2.76. The maximum Gasteiger partial charge on any atom is 0.276 e. The van der Waals surface area contributed by atoms with E-state index in [2.05, 4.69) is 10.3 Å². The van der Waals surface area contributed by atoms with Crippen molar-refractivity contribution < 1.29 is 13.6 Å². The molecular weight excluding hydrogens is 304 g/mol. The van der Waals surface area contributed by atoms with Crippen LogP contribution in [0.2, 0.25) is 0 Å². The molecule has 2 aliphatic heterocycles. The molecule has 0 spiro atoms. The Kier molecular flexibility index (Phi) is 4.61. The van der Waals surface area contributed by atoms with Crippen molar-refractivity contribution in [2.75, 3.05) is 26.2 Å². The van der Waals surface area contributed by atoms with E-state index >= 15 is 0 Å². The predicted molar refractivity (Wildman–Crippen MR) is 80.4 cm³/mol. The normalized spacial score (nSPS) is 24.5. The van der Waals surface area contributed by atoms with Crippen molar-refractivity contribution in [3.8, 4) is 0 Å². The van der Waals surface area contributed by atoms with Crippen LogP contribution in [0.25, 0.3) is 0 Å². The summed E-state index contributed by atoms with van der Waals surface area (Å²) >= 11 is 0. The quantitative estimate of drug-likeness (QED) is 0.825. The number of hydrogen-bond donors (Lipinski definition) is 0. The average molecular weight is 327 g/mol. The molecule has 0 radical (unpaired) electrons. The Morgan fingerprint density at radius 1 is 1.39 bits per heavy atom. The molecular formula is C15H23F2N5O. The number of rotatable bonds is 5. The summed E-state index contributed by atoms with van der Waals surface area (Å²) in [6.45, 7) is 4.29. The smallest absolute Gasteiger partial charge is 0.276 e. The molecule has 8 heteroatoms. The van der Waals surface area contributed by atoms with Gasteiger partial charge in [-0.25, -0.2) is 8.78 Å². The zero-order valence-electron chi connectivity index (χ0n) is 13.4. The highest BCUT2D eigenvalue weighted by molar-refractivity contribution is 5.92. The topological polar surface area (TPSA) is 54.3 Å². The van der Waals surface area contributed by atoms with Crippen LogP contribution in [-0.2, 0) is 6.54 Å². The van der Waals surface area contributed by atoms with Gasteiger partial charge in [-0.2, -0.15) is 0 Å². The van der Waals surface area contributed by atoms with Crippen molar-refractivity contribution in [3.05, 3.63) is 11.9 Å². The van der Waals surface area contributed by atoms with E-state index in [-0.39, 0.29) is 24.9 Å². The highest BCUT2D eigenvalue weighted by Gasteiger charge is 2.44. The molecule has 6 nitrogen and oxygen atoms in total. The molecule has 1 amide bonds. The first-order valence-corrected chi connectivity index (χ1v) is 8.30. The van der Waals surface area contributed by atoms with E-state index in [0.29, 0.717) is 18.8 Å². The predicted octanol–water partition coefficient (Wildman–Crippen LogP) is 1.63. The highest BCUT2D eigenvalue weighted by Crippen LogP contribution is 2.32. The Balaban J connectivity index is 1.65. The lowest BCUT2D eigenvalue weighted by atomic mass is 10.2. The first-order valence-electron chi connectivity index (χ1n) is 8.30. The minimum Gasteiger partial charge on any atom is -0.337 e. The van der Waals surface area contributed by atoms with Gasteiger partial charge in [-0.15, -0.1) is 5.10 Å². The van der Waals surface area contributed by atoms with Gasteiger partial charge >= 0.3 is 0 Å². The lowest BCUT2D eigenvalue weighted by molar-refractivity contribution is 0.0120. The van der Waals surface area contributed by atoms with Crippen molar-refractivity contribution in [2.24, 2.45) is 0 Å². The van der Waals surface area contributed by atoms with Crippen LogP contribution < -0.4 is 0 Å². The van der Waals surface area contributed by atoms with E-state index in [1.165, 1.54) is 4.68 Å². The number of nitrogens with zero attached hydrogens (tertiary/aromatic N) is 5. The lowest BCUT2D eigenvalue weighted by Crippen LogP contribution is -2.34. The highest BCUT2D eigenvalue weighted by atomic mass is 19.3. The van der Waals surface area contributed by atoms with Gasteiger partial charge in [-0.05, 0) is 25.8 Å². The standard InChI is InChI=1S/C15H23F2N5O/c1-2-5-21-11-15(16,17)8-12(21)9-22-10-13(18-19-22)14(23)20-6-3-4-7-20/h10,12H,2-9,11H2,1H3/t12-/m0/s1. The first kappa shape index (κ1) is 16.3. The molecule has 0 aliphatic carbocycles. The van der Waals surface area contributed by atoms with E-state index in [4.69, 9.17) is 0 Å². The number of alkyl halides is 2. The summed E-state index contributed by atoms with van der Waals surface area (Å²) in [6.07, 6.45) is 4.29. The molecule has 1 atom stereocenters. The van der Waals surface area contributed by atoms with Gasteiger partial charge in [0.2, 0.25) is 0 Å². The summed E-state index contributed by atoms with van der Waals surface area (Å²) in [5, 5.41) is 7.89. The Morgan fingerprint density at radius 3 is 2.83 bits per heavy atom. The summed E-state index contributed by atoms with van der Waals surface area (Å²) < 4.78 is 28.8. The van der Waals surface area contributed by atoms with Crippen LogP contribution in [0.4, 0.5) is 8.78 Å². The van der Waals surface area contributed by atoms with Gasteiger partial charge in [-0.3, -0.25) is 14.4 Å². The minimum absolute atomic E-state index is 0.115. The monoisotopic (exact) mass is 327 g/mol. The molecule has 0 bridgehead atoms. The molecule has 0 unspecified atom stereocenters. The van der Waals surface area contributed by atoms with Crippen LogP contribution >= 0.6 is 0 Å². The van der Waals surface area contributed by atoms with Crippen molar-refractivity contribution in [3.63, 3.8) is 0 Å². The Labute approximate surface area is 134 Å². The molecule has 2 saturated heterocycles. The molecule has 1 aromatic heterocycles. The molecule has 0 aromatic carbocycles. The molecule has 23 heavy (non-hydrogen) atoms. The van der Waals surface area contributed by atoms with Gasteiger partial charge in [-0.1, -0.05) is 12.1 Å². The Hall–Kier alpha value is -1.57. The zero-order chi connectivity index (χ0) is 16.4. The van der Waals surface area contributed by atoms with Crippen LogP contribution in [-0.4, -0.2) is 68.8 Å². The summed E-state index contributed by atoms with van der Waals surface area (Å²) in [4.78, 5) is 15.8. The van der Waals surface area contributed by atoms with Gasteiger partial charge < -0.3 is 4.90 Å². The molecule has 3 heterocycles. The number of hydrogen-bond acceptors (Lipinski definition) is 4. The van der Waals surface area contributed by atoms with E-state index < -0.39 is 5.92 Å². The van der Waals surface area contributed by atoms with E-state index in [9.17, 15) is 13.6 Å². The molecule has 2 fully saturated rings. The van der Waals surface area contributed by atoms with Gasteiger partial charge in [0.15, 0.2) is 5.69 Å². The number of aromatic nitrogens is 3. The van der Waals surface area contributed by atoms with E-state index in [1.54, 1.807) is 11.1 Å². The SMILES string of the molecule is CCCN1CC(F)(F)C[C@H]1Cn1cc(C(=O)N2CCCC2)nn1. The molecule has 3 rings (SSSR count). The number of carbonyl (C=O) groups is 1. The van der Waals surface area contributed by atoms with Crippen molar-refractivity contribution in [2.45, 2.75) is 51.1 Å². The molecule has 1 aromatic rings. The molecule has 2 aliphatic rings. The maximum atomic E-state index is 13.7. The van der Waals surface area contributed by atoms with Crippen molar-refractivity contribution >= 4 is 5.91 Å². The summed E-state index contributed by atoms with van der Waals surface area (Å²) in [6, 6.07) is -0.263. The Morgan fingerprint density at radius 2 is 2.13 bits per heavy atom. The maximum absolute atomic E-state index is 13.7. The largest absolute Gasteiger partial charge is 0.337 e. The minimum atomic E-state index is -2.64. The van der Waals surface area contributed by atoms with Crippen LogP contribution in [0.3, 0.4) is 0 Å². The van der Waals surface area contributed by atoms with Crippen LogP contribution in [0, 0.1) is 0 Å². The second-order valence-electron chi connectivity index (χ2n) is 6.51. The van der Waals surface area contributed by atoms with Crippen molar-refractivity contribution in [1.82, 2.24) is 24.8 Å². The fourth-order valence-corrected chi connectivity index (χ4v) is 3.48. The number of amides is 1. The average Bonchev–Trinajstić information content (AvgIpc) is 3.20. The third-order valence-electron chi connectivity index (χ3n) is 4.54. The second kappa shape index (κ2) is 6.51. The fourth-order valence-electron chi connectivity index (χ4n) is 3.48. The fraction of sp³-hybridized carbons (Fsp3) is 0.800. The zero-order valence-corrected chi connectivity index (χ0v) is 13.4. The van der Waals surface area contributed by atoms with Gasteiger partial charge in [0.05, 0.1) is 19.3 Å². The molecule has 128 valence electrons. The Bertz CT molecular complexity index is 556. The van der Waals surface area contributed by atoms with Gasteiger partial charge in [0.1, 0.15) is 0 Å². The van der Waals surface area contributed by atoms with E-state index in [0.717, 1.165) is 32.4 Å². The molecule has 0 N–H and O–H groups in total. The van der Waals surface area contributed by atoms with Crippen molar-refractivity contribution in [1.29, 1.82) is 0 Å². The molecule has 0 saturated carbocycles. The summed E-state index contributed by atoms with van der Waals surface area (Å²) in [5.41, 5.74) is 0.304. The van der Waals surface area contributed by atoms with Gasteiger partial charge in [0.25, 0.3) is 11.8 Å². The number of halogens is 2. The number of likely N-dealkylation sites (tertiary alicyclic amines) is 2. The lowest BCUT2D eigenvalue weighted by Gasteiger charge is -2.22.